The van der Waals surface area contributed by atoms with E-state index in [0.29, 0.717) is 43.9 Å². The molecule has 2 fully saturated rings. The van der Waals surface area contributed by atoms with Gasteiger partial charge in [0.15, 0.2) is 5.65 Å². The van der Waals surface area contributed by atoms with E-state index in [1.165, 1.54) is 5.56 Å². The molecule has 1 aromatic carbocycles. The van der Waals surface area contributed by atoms with Gasteiger partial charge >= 0.3 is 0 Å². The number of hydrogen-bond acceptors (Lipinski definition) is 5. The van der Waals surface area contributed by atoms with E-state index < -0.39 is 0 Å². The highest BCUT2D eigenvalue weighted by atomic mass is 16.5. The van der Waals surface area contributed by atoms with Crippen LogP contribution < -0.4 is 0 Å². The van der Waals surface area contributed by atoms with E-state index in [4.69, 9.17) is 4.74 Å². The van der Waals surface area contributed by atoms with Crippen LogP contribution in [0.2, 0.25) is 0 Å². The lowest BCUT2D eigenvalue weighted by Gasteiger charge is -2.36. The fraction of sp³-hybridized carbons (Fsp3) is 0.409. The van der Waals surface area contributed by atoms with Crippen LogP contribution in [-0.2, 0) is 11.3 Å². The van der Waals surface area contributed by atoms with Crippen molar-refractivity contribution in [3.63, 3.8) is 0 Å². The van der Waals surface area contributed by atoms with Crippen molar-refractivity contribution in [2.24, 2.45) is 11.3 Å². The zero-order valence-corrected chi connectivity index (χ0v) is 16.2. The summed E-state index contributed by atoms with van der Waals surface area (Å²) in [5.74, 6) is 0.228. The van der Waals surface area contributed by atoms with Gasteiger partial charge in [0.2, 0.25) is 0 Å². The number of aromatic nitrogens is 3. The molecule has 150 valence electrons. The molecule has 3 aromatic rings. The Morgan fingerprint density at radius 1 is 1.28 bits per heavy atom. The second-order valence-electron chi connectivity index (χ2n) is 8.17. The third-order valence-electron chi connectivity index (χ3n) is 6.31. The number of aliphatic hydroxyl groups excluding tert-OH is 1. The Labute approximate surface area is 168 Å². The molecule has 0 aliphatic carbocycles. The summed E-state index contributed by atoms with van der Waals surface area (Å²) >= 11 is 0. The third-order valence-corrected chi connectivity index (χ3v) is 6.31. The van der Waals surface area contributed by atoms with Gasteiger partial charge in [0, 0.05) is 31.3 Å². The van der Waals surface area contributed by atoms with Gasteiger partial charge in [-0.15, -0.1) is 0 Å². The molecular formula is C22H24N4O3. The van der Waals surface area contributed by atoms with Gasteiger partial charge in [-0.25, -0.2) is 9.97 Å². The summed E-state index contributed by atoms with van der Waals surface area (Å²) in [6.07, 6.45) is 4.28. The van der Waals surface area contributed by atoms with Gasteiger partial charge in [0.25, 0.3) is 5.91 Å². The summed E-state index contributed by atoms with van der Waals surface area (Å²) in [6, 6.07) is 12.0. The topological polar surface area (TPSA) is 80.5 Å². The number of likely N-dealkylation sites (tertiary alicyclic amines) is 1. The first-order valence-electron chi connectivity index (χ1n) is 10.0. The molecule has 2 aliphatic heterocycles. The lowest BCUT2D eigenvalue weighted by atomic mass is 9.76. The maximum Gasteiger partial charge on any atom is 0.255 e. The maximum atomic E-state index is 13.1. The predicted octanol–water partition coefficient (Wildman–Crippen LogP) is 1.95. The number of carbonyl (C=O) groups is 1. The number of pyridine rings is 1. The Bertz CT molecular complexity index is 1030. The summed E-state index contributed by atoms with van der Waals surface area (Å²) in [6.45, 7) is 3.11. The van der Waals surface area contributed by atoms with Gasteiger partial charge in [-0.2, -0.15) is 0 Å². The van der Waals surface area contributed by atoms with Crippen molar-refractivity contribution in [2.75, 3.05) is 32.9 Å². The molecule has 0 radical (unpaired) electrons. The molecule has 7 nitrogen and oxygen atoms in total. The van der Waals surface area contributed by atoms with E-state index in [0.717, 1.165) is 12.1 Å². The molecule has 29 heavy (non-hydrogen) atoms. The zero-order chi connectivity index (χ0) is 19.8. The largest absolute Gasteiger partial charge is 0.396 e. The molecule has 1 amide bonds. The number of carbonyl (C=O) groups excluding carboxylic acids is 1. The first-order chi connectivity index (χ1) is 14.2. The minimum Gasteiger partial charge on any atom is -0.396 e. The van der Waals surface area contributed by atoms with Gasteiger partial charge in [-0.3, -0.25) is 4.79 Å². The van der Waals surface area contributed by atoms with Crippen molar-refractivity contribution in [2.45, 2.75) is 13.0 Å². The highest BCUT2D eigenvalue weighted by molar-refractivity contribution is 5.96. The Hall–Kier alpha value is -2.77. The number of benzene rings is 1. The van der Waals surface area contributed by atoms with Gasteiger partial charge < -0.3 is 19.3 Å². The van der Waals surface area contributed by atoms with Gasteiger partial charge in [-0.1, -0.05) is 30.3 Å². The number of amides is 1. The van der Waals surface area contributed by atoms with Crippen LogP contribution in [0.4, 0.5) is 0 Å². The molecular weight excluding hydrogens is 368 g/mol. The molecule has 2 aromatic heterocycles. The second-order valence-corrected chi connectivity index (χ2v) is 8.17. The Morgan fingerprint density at radius 2 is 2.14 bits per heavy atom. The number of fused-ring (bicyclic) bond motifs is 2. The number of aliphatic hydroxyl groups is 1. The van der Waals surface area contributed by atoms with Crippen LogP contribution in [0, 0.1) is 11.3 Å². The van der Waals surface area contributed by atoms with Gasteiger partial charge in [0.1, 0.15) is 5.52 Å². The number of imidazole rings is 1. The van der Waals surface area contributed by atoms with Crippen LogP contribution >= 0.6 is 0 Å². The summed E-state index contributed by atoms with van der Waals surface area (Å²) < 4.78 is 7.59. The van der Waals surface area contributed by atoms with Crippen molar-refractivity contribution >= 4 is 17.1 Å². The van der Waals surface area contributed by atoms with E-state index in [-0.39, 0.29) is 23.8 Å². The molecule has 2 saturated heterocycles. The molecule has 0 bridgehead atoms. The Morgan fingerprint density at radius 3 is 2.93 bits per heavy atom. The zero-order valence-electron chi connectivity index (χ0n) is 16.2. The molecule has 2 aliphatic rings. The quantitative estimate of drug-likeness (QED) is 0.734. The van der Waals surface area contributed by atoms with Crippen molar-refractivity contribution in [3.05, 3.63) is 60.0 Å². The number of ether oxygens (including phenoxy) is 1. The summed E-state index contributed by atoms with van der Waals surface area (Å²) in [5.41, 5.74) is 2.85. The predicted molar refractivity (Wildman–Crippen MR) is 107 cm³/mol. The highest BCUT2D eigenvalue weighted by Gasteiger charge is 2.49. The van der Waals surface area contributed by atoms with Crippen LogP contribution in [0.1, 0.15) is 22.3 Å². The normalized spacial score (nSPS) is 24.0. The molecule has 5 rings (SSSR count). The van der Waals surface area contributed by atoms with Crippen LogP contribution in [0.5, 0.6) is 0 Å². The summed E-state index contributed by atoms with van der Waals surface area (Å²) in [7, 11) is 0. The van der Waals surface area contributed by atoms with Gasteiger partial charge in [0.05, 0.1) is 31.6 Å². The summed E-state index contributed by atoms with van der Waals surface area (Å²) in [5, 5.41) is 9.94. The van der Waals surface area contributed by atoms with Crippen molar-refractivity contribution in [1.82, 2.24) is 19.4 Å². The highest BCUT2D eigenvalue weighted by Crippen LogP contribution is 2.41. The first kappa shape index (κ1) is 18.3. The summed E-state index contributed by atoms with van der Waals surface area (Å²) in [4.78, 5) is 23.9. The van der Waals surface area contributed by atoms with E-state index in [2.05, 4.69) is 22.1 Å². The molecule has 0 saturated carbocycles. The Balaban J connectivity index is 1.38. The average Bonchev–Trinajstić information content (AvgIpc) is 3.35. The van der Waals surface area contributed by atoms with Crippen molar-refractivity contribution in [1.29, 1.82) is 0 Å². The van der Waals surface area contributed by atoms with E-state index in [1.54, 1.807) is 12.5 Å². The maximum absolute atomic E-state index is 13.1. The fourth-order valence-electron chi connectivity index (χ4n) is 4.62. The molecule has 2 atom stereocenters. The fourth-order valence-corrected chi connectivity index (χ4v) is 4.62. The average molecular weight is 392 g/mol. The molecule has 4 heterocycles. The van der Waals surface area contributed by atoms with Crippen LogP contribution in [0.15, 0.2) is 48.9 Å². The van der Waals surface area contributed by atoms with Crippen LogP contribution in [0.25, 0.3) is 11.2 Å². The molecule has 7 heteroatoms. The smallest absolute Gasteiger partial charge is 0.255 e. The van der Waals surface area contributed by atoms with Crippen LogP contribution in [0.3, 0.4) is 0 Å². The standard InChI is InChI=1S/C22H24N4O3/c27-13-22-12-25(11-18(22)6-7-29-14-22)21(28)17-8-19-20(23-9-17)26(15-24-19)10-16-4-2-1-3-5-16/h1-5,8-9,15,18,27H,6-7,10-14H2/t18-,22+/m0/s1. The van der Waals surface area contributed by atoms with Crippen molar-refractivity contribution in [3.8, 4) is 0 Å². The lowest BCUT2D eigenvalue weighted by Crippen LogP contribution is -2.43. The van der Waals surface area contributed by atoms with Gasteiger partial charge in [-0.05, 0) is 24.0 Å². The van der Waals surface area contributed by atoms with E-state index in [9.17, 15) is 9.90 Å². The minimum atomic E-state index is -0.331. The third kappa shape index (κ3) is 3.20. The monoisotopic (exact) mass is 392 g/mol. The number of nitrogens with zero attached hydrogens (tertiary/aromatic N) is 4. The van der Waals surface area contributed by atoms with E-state index in [1.807, 2.05) is 33.7 Å². The lowest BCUT2D eigenvalue weighted by molar-refractivity contribution is -0.0556. The first-order valence-corrected chi connectivity index (χ1v) is 10.0. The molecule has 0 spiro atoms. The number of hydrogen-bond donors (Lipinski definition) is 1. The number of rotatable bonds is 4. The van der Waals surface area contributed by atoms with Crippen molar-refractivity contribution < 1.29 is 14.6 Å². The Kier molecular flexibility index (Phi) is 4.56. The SMILES string of the molecule is O=C(c1cnc2c(c1)ncn2Cc1ccccc1)N1C[C@@H]2CCOC[C@]2(CO)C1. The molecule has 1 N–H and O–H groups in total. The minimum absolute atomic E-state index is 0.0443. The second kappa shape index (κ2) is 7.24. The molecule has 0 unspecified atom stereocenters. The van der Waals surface area contributed by atoms with E-state index >= 15 is 0 Å². The van der Waals surface area contributed by atoms with Crippen LogP contribution in [-0.4, -0.2) is 63.4 Å².